The van der Waals surface area contributed by atoms with Gasteiger partial charge in [-0.2, -0.15) is 0 Å². The molecule has 0 aliphatic heterocycles. The molecule has 21 heavy (non-hydrogen) atoms. The van der Waals surface area contributed by atoms with E-state index in [-0.39, 0.29) is 12.5 Å². The maximum absolute atomic E-state index is 11.8. The highest BCUT2D eigenvalue weighted by Gasteiger charge is 2.01. The number of benzene rings is 2. The van der Waals surface area contributed by atoms with Gasteiger partial charge in [-0.15, -0.1) is 0 Å². The van der Waals surface area contributed by atoms with E-state index >= 15 is 0 Å². The first-order valence-electron chi connectivity index (χ1n) is 6.89. The summed E-state index contributed by atoms with van der Waals surface area (Å²) in [5.74, 6) is -0.150. The summed E-state index contributed by atoms with van der Waals surface area (Å²) in [6.45, 7) is 2.41. The van der Waals surface area contributed by atoms with Crippen LogP contribution < -0.4 is 5.32 Å². The lowest BCUT2D eigenvalue weighted by molar-refractivity contribution is -0.116. The maximum atomic E-state index is 11.8. The number of carbonyl (C=O) groups excluding carboxylic acids is 1. The third-order valence-corrected chi connectivity index (χ3v) is 3.25. The third-order valence-electron chi connectivity index (χ3n) is 3.25. The molecule has 3 nitrogen and oxygen atoms in total. The van der Waals surface area contributed by atoms with E-state index in [1.807, 2.05) is 55.5 Å². The molecule has 0 atom stereocenters. The lowest BCUT2D eigenvalue weighted by Crippen LogP contribution is -2.21. The monoisotopic (exact) mass is 281 g/mol. The molecule has 0 fully saturated rings. The van der Waals surface area contributed by atoms with Crippen LogP contribution in [0.5, 0.6) is 0 Å². The molecule has 3 heteroatoms. The van der Waals surface area contributed by atoms with Crippen molar-refractivity contribution in [1.82, 2.24) is 5.32 Å². The molecule has 2 aromatic carbocycles. The van der Waals surface area contributed by atoms with Gasteiger partial charge in [-0.3, -0.25) is 4.79 Å². The van der Waals surface area contributed by atoms with Crippen LogP contribution in [0.25, 0.3) is 6.08 Å². The van der Waals surface area contributed by atoms with Gasteiger partial charge < -0.3 is 10.4 Å². The average molecular weight is 281 g/mol. The Hall–Kier alpha value is -2.39. The molecular formula is C18H19NO2. The van der Waals surface area contributed by atoms with Gasteiger partial charge in [-0.05, 0) is 29.7 Å². The first kappa shape index (κ1) is 15.0. The van der Waals surface area contributed by atoms with E-state index in [0.717, 1.165) is 16.7 Å². The summed E-state index contributed by atoms with van der Waals surface area (Å²) in [5, 5.41) is 12.0. The van der Waals surface area contributed by atoms with Gasteiger partial charge in [0.25, 0.3) is 0 Å². The van der Waals surface area contributed by atoms with Crippen LogP contribution in [-0.4, -0.2) is 11.0 Å². The summed E-state index contributed by atoms with van der Waals surface area (Å²) in [6.07, 6.45) is 3.30. The molecule has 0 heterocycles. The summed E-state index contributed by atoms with van der Waals surface area (Å²) < 4.78 is 0. The zero-order valence-corrected chi connectivity index (χ0v) is 12.0. The highest BCUT2D eigenvalue weighted by Crippen LogP contribution is 2.08. The van der Waals surface area contributed by atoms with E-state index in [0.29, 0.717) is 6.54 Å². The highest BCUT2D eigenvalue weighted by atomic mass is 16.3. The van der Waals surface area contributed by atoms with Crippen LogP contribution in [-0.2, 0) is 17.9 Å². The van der Waals surface area contributed by atoms with Crippen LogP contribution in [0.2, 0.25) is 0 Å². The summed E-state index contributed by atoms with van der Waals surface area (Å²) in [5.41, 5.74) is 3.95. The molecule has 2 rings (SSSR count). The number of amides is 1. The molecule has 0 aliphatic rings. The van der Waals surface area contributed by atoms with Crippen LogP contribution in [0.4, 0.5) is 0 Å². The molecule has 0 radical (unpaired) electrons. The van der Waals surface area contributed by atoms with E-state index in [1.54, 1.807) is 6.08 Å². The van der Waals surface area contributed by atoms with Crippen molar-refractivity contribution in [3.63, 3.8) is 0 Å². The Bertz CT molecular complexity index is 630. The second-order valence-corrected chi connectivity index (χ2v) is 4.89. The van der Waals surface area contributed by atoms with Gasteiger partial charge in [-0.1, -0.05) is 54.1 Å². The molecule has 2 aromatic rings. The molecule has 0 saturated heterocycles. The second kappa shape index (κ2) is 7.41. The highest BCUT2D eigenvalue weighted by molar-refractivity contribution is 5.91. The van der Waals surface area contributed by atoms with Crippen LogP contribution in [0.3, 0.4) is 0 Å². The van der Waals surface area contributed by atoms with Crippen molar-refractivity contribution < 1.29 is 9.90 Å². The number of hydrogen-bond donors (Lipinski definition) is 2. The smallest absolute Gasteiger partial charge is 0.244 e. The number of aliphatic hydroxyl groups is 1. The average Bonchev–Trinajstić information content (AvgIpc) is 2.52. The standard InChI is InChI=1S/C18H19NO2/c1-14-6-8-15(9-7-14)10-11-18(21)19-12-16-4-2-3-5-17(16)13-20/h2-11,20H,12-13H2,1H3,(H,19,21)/b11-10+. The van der Waals surface area contributed by atoms with E-state index in [1.165, 1.54) is 11.6 Å². The van der Waals surface area contributed by atoms with Crippen molar-refractivity contribution in [2.45, 2.75) is 20.1 Å². The fourth-order valence-corrected chi connectivity index (χ4v) is 1.97. The molecule has 0 unspecified atom stereocenters. The molecule has 108 valence electrons. The van der Waals surface area contributed by atoms with Gasteiger partial charge in [0.15, 0.2) is 0 Å². The molecule has 0 aromatic heterocycles. The lowest BCUT2D eigenvalue weighted by atomic mass is 10.1. The molecule has 1 amide bonds. The zero-order valence-electron chi connectivity index (χ0n) is 12.0. The van der Waals surface area contributed by atoms with E-state index in [2.05, 4.69) is 5.32 Å². The molecule has 2 N–H and O–H groups in total. The zero-order chi connectivity index (χ0) is 15.1. The number of aliphatic hydroxyl groups excluding tert-OH is 1. The van der Waals surface area contributed by atoms with Crippen molar-refractivity contribution in [1.29, 1.82) is 0 Å². The number of rotatable bonds is 5. The fourth-order valence-electron chi connectivity index (χ4n) is 1.97. The van der Waals surface area contributed by atoms with Crippen LogP contribution in [0, 0.1) is 6.92 Å². The van der Waals surface area contributed by atoms with Gasteiger partial charge in [0.05, 0.1) is 6.61 Å². The van der Waals surface area contributed by atoms with Gasteiger partial charge in [-0.25, -0.2) is 0 Å². The predicted molar refractivity (Wildman–Crippen MR) is 84.4 cm³/mol. The van der Waals surface area contributed by atoms with Crippen molar-refractivity contribution >= 4 is 12.0 Å². The number of aryl methyl sites for hydroxylation is 1. The Labute approximate surface area is 124 Å². The molecule has 0 spiro atoms. The van der Waals surface area contributed by atoms with Gasteiger partial charge in [0, 0.05) is 12.6 Å². The topological polar surface area (TPSA) is 49.3 Å². The Kier molecular flexibility index (Phi) is 5.29. The minimum absolute atomic E-state index is 0.0226. The summed E-state index contributed by atoms with van der Waals surface area (Å²) in [6, 6.07) is 15.5. The maximum Gasteiger partial charge on any atom is 0.244 e. The van der Waals surface area contributed by atoms with Crippen molar-refractivity contribution in [2.75, 3.05) is 0 Å². The SMILES string of the molecule is Cc1ccc(/C=C/C(=O)NCc2ccccc2CO)cc1. The first-order chi connectivity index (χ1) is 10.2. The Morgan fingerprint density at radius 2 is 1.76 bits per heavy atom. The van der Waals surface area contributed by atoms with Crippen LogP contribution in [0.15, 0.2) is 54.6 Å². The second-order valence-electron chi connectivity index (χ2n) is 4.89. The van der Waals surface area contributed by atoms with Gasteiger partial charge >= 0.3 is 0 Å². The van der Waals surface area contributed by atoms with E-state index in [4.69, 9.17) is 0 Å². The van der Waals surface area contributed by atoms with Crippen molar-refractivity contribution in [3.8, 4) is 0 Å². The van der Waals surface area contributed by atoms with Crippen molar-refractivity contribution in [2.24, 2.45) is 0 Å². The minimum atomic E-state index is -0.150. The molecular weight excluding hydrogens is 262 g/mol. The van der Waals surface area contributed by atoms with E-state index in [9.17, 15) is 9.90 Å². The normalized spacial score (nSPS) is 10.8. The summed E-state index contributed by atoms with van der Waals surface area (Å²) in [4.78, 5) is 11.8. The third kappa shape index (κ3) is 4.58. The fraction of sp³-hybridized carbons (Fsp3) is 0.167. The van der Waals surface area contributed by atoms with Crippen LogP contribution >= 0.6 is 0 Å². The number of carbonyl (C=O) groups is 1. The van der Waals surface area contributed by atoms with Gasteiger partial charge in [0.2, 0.25) is 5.91 Å². The quantitative estimate of drug-likeness (QED) is 0.828. The van der Waals surface area contributed by atoms with Crippen molar-refractivity contribution in [3.05, 3.63) is 76.9 Å². The lowest BCUT2D eigenvalue weighted by Gasteiger charge is -2.07. The molecule has 0 aliphatic carbocycles. The number of hydrogen-bond acceptors (Lipinski definition) is 2. The largest absolute Gasteiger partial charge is 0.392 e. The van der Waals surface area contributed by atoms with Gasteiger partial charge in [0.1, 0.15) is 0 Å². The minimum Gasteiger partial charge on any atom is -0.392 e. The Morgan fingerprint density at radius 3 is 2.43 bits per heavy atom. The molecule has 0 saturated carbocycles. The molecule has 0 bridgehead atoms. The summed E-state index contributed by atoms with van der Waals surface area (Å²) in [7, 11) is 0. The first-order valence-corrected chi connectivity index (χ1v) is 6.89. The van der Waals surface area contributed by atoms with E-state index < -0.39 is 0 Å². The predicted octanol–water partition coefficient (Wildman–Crippen LogP) is 2.82. The summed E-state index contributed by atoms with van der Waals surface area (Å²) >= 11 is 0. The van der Waals surface area contributed by atoms with Crippen LogP contribution in [0.1, 0.15) is 22.3 Å². The Balaban J connectivity index is 1.91. The Morgan fingerprint density at radius 1 is 1.10 bits per heavy atom. The number of nitrogens with one attached hydrogen (secondary N) is 1.